The molecule has 3 amide bonds. The molecule has 132 valence electrons. The van der Waals surface area contributed by atoms with Crippen LogP contribution in [0, 0.1) is 5.82 Å². The van der Waals surface area contributed by atoms with Crippen LogP contribution < -0.4 is 10.6 Å². The minimum atomic E-state index is -0.499. The average molecular weight is 361 g/mol. The summed E-state index contributed by atoms with van der Waals surface area (Å²) < 4.78 is 13.7. The highest BCUT2D eigenvalue weighted by Gasteiger charge is 2.25. The smallest absolute Gasteiger partial charge is 0.315 e. The fourth-order valence-electron chi connectivity index (χ4n) is 2.85. The van der Waals surface area contributed by atoms with Crippen LogP contribution in [0.1, 0.15) is 28.1 Å². The van der Waals surface area contributed by atoms with Gasteiger partial charge in [-0.3, -0.25) is 4.79 Å². The molecule has 2 aromatic rings. The first-order valence-electron chi connectivity index (χ1n) is 8.24. The Hall–Kier alpha value is -2.41. The number of carbonyl (C=O) groups excluding carboxylic acids is 2. The number of piperidine rings is 1. The summed E-state index contributed by atoms with van der Waals surface area (Å²) in [5, 5.41) is 7.73. The molecule has 7 heteroatoms. The molecule has 1 aliphatic heterocycles. The van der Waals surface area contributed by atoms with Gasteiger partial charge in [0.05, 0.1) is 12.1 Å². The van der Waals surface area contributed by atoms with E-state index in [4.69, 9.17) is 0 Å². The monoisotopic (exact) mass is 361 g/mol. The van der Waals surface area contributed by atoms with Gasteiger partial charge in [-0.1, -0.05) is 18.2 Å². The molecule has 0 radical (unpaired) electrons. The van der Waals surface area contributed by atoms with Gasteiger partial charge in [-0.15, -0.1) is 11.3 Å². The van der Waals surface area contributed by atoms with Crippen LogP contribution in [0.4, 0.5) is 9.18 Å². The van der Waals surface area contributed by atoms with E-state index < -0.39 is 5.82 Å². The van der Waals surface area contributed by atoms with Crippen molar-refractivity contribution in [1.82, 2.24) is 15.5 Å². The lowest BCUT2D eigenvalue weighted by molar-refractivity contribution is 0.0703. The number of thiophene rings is 1. The third-order valence-corrected chi connectivity index (χ3v) is 5.10. The summed E-state index contributed by atoms with van der Waals surface area (Å²) in [4.78, 5) is 27.0. The zero-order valence-electron chi connectivity index (χ0n) is 13.7. The topological polar surface area (TPSA) is 61.4 Å². The largest absolute Gasteiger partial charge is 0.338 e. The van der Waals surface area contributed by atoms with Crippen LogP contribution in [0.25, 0.3) is 0 Å². The van der Waals surface area contributed by atoms with Crippen LogP contribution in [-0.2, 0) is 6.54 Å². The zero-order valence-corrected chi connectivity index (χ0v) is 14.5. The molecular weight excluding hydrogens is 341 g/mol. The van der Waals surface area contributed by atoms with Crippen molar-refractivity contribution < 1.29 is 14.0 Å². The van der Waals surface area contributed by atoms with Crippen LogP contribution in [0.15, 0.2) is 41.8 Å². The van der Waals surface area contributed by atoms with Gasteiger partial charge in [-0.05, 0) is 36.4 Å². The Morgan fingerprint density at radius 3 is 2.60 bits per heavy atom. The summed E-state index contributed by atoms with van der Waals surface area (Å²) in [5.74, 6) is -0.792. The molecule has 1 fully saturated rings. The van der Waals surface area contributed by atoms with Gasteiger partial charge in [0, 0.05) is 24.0 Å². The molecular formula is C18H20FN3O2S. The van der Waals surface area contributed by atoms with Gasteiger partial charge in [-0.2, -0.15) is 0 Å². The number of nitrogens with zero attached hydrogens (tertiary/aromatic N) is 1. The minimum Gasteiger partial charge on any atom is -0.338 e. The number of likely N-dealkylation sites (tertiary alicyclic amines) is 1. The lowest BCUT2D eigenvalue weighted by Gasteiger charge is -2.32. The number of halogens is 1. The van der Waals surface area contributed by atoms with Crippen LogP contribution in [-0.4, -0.2) is 36.0 Å². The van der Waals surface area contributed by atoms with Crippen molar-refractivity contribution in [3.05, 3.63) is 58.0 Å². The van der Waals surface area contributed by atoms with Crippen LogP contribution >= 0.6 is 11.3 Å². The molecule has 1 aromatic carbocycles. The summed E-state index contributed by atoms with van der Waals surface area (Å²) in [7, 11) is 0. The van der Waals surface area contributed by atoms with Crippen molar-refractivity contribution in [3.63, 3.8) is 0 Å². The lowest BCUT2D eigenvalue weighted by atomic mass is 10.0. The molecule has 0 unspecified atom stereocenters. The first kappa shape index (κ1) is 17.4. The Labute approximate surface area is 149 Å². The van der Waals surface area contributed by atoms with E-state index >= 15 is 0 Å². The fraction of sp³-hybridized carbons (Fsp3) is 0.333. The molecule has 2 heterocycles. The van der Waals surface area contributed by atoms with Crippen molar-refractivity contribution in [1.29, 1.82) is 0 Å². The molecule has 0 saturated carbocycles. The standard InChI is InChI=1S/C18H20FN3O2S/c19-16-6-2-1-5-15(16)17(23)22-9-7-13(8-10-22)21-18(24)20-12-14-4-3-11-25-14/h1-6,11,13H,7-10,12H2,(H2,20,21,24). The molecule has 0 atom stereocenters. The number of amides is 3. The highest BCUT2D eigenvalue weighted by molar-refractivity contribution is 7.09. The Kier molecular flexibility index (Phi) is 5.65. The van der Waals surface area contributed by atoms with E-state index in [0.29, 0.717) is 32.5 Å². The maximum absolute atomic E-state index is 13.7. The van der Waals surface area contributed by atoms with Gasteiger partial charge >= 0.3 is 6.03 Å². The molecule has 1 saturated heterocycles. The molecule has 0 aliphatic carbocycles. The summed E-state index contributed by atoms with van der Waals surface area (Å²) in [5.41, 5.74) is 0.0996. The second-order valence-electron chi connectivity index (χ2n) is 5.95. The molecule has 5 nitrogen and oxygen atoms in total. The number of urea groups is 1. The van der Waals surface area contributed by atoms with E-state index in [1.807, 2.05) is 17.5 Å². The third kappa shape index (κ3) is 4.57. The molecule has 0 spiro atoms. The third-order valence-electron chi connectivity index (χ3n) is 4.22. The predicted octanol–water partition coefficient (Wildman–Crippen LogP) is 2.99. The molecule has 3 rings (SSSR count). The minimum absolute atomic E-state index is 0.0213. The van der Waals surface area contributed by atoms with Crippen molar-refractivity contribution in [3.8, 4) is 0 Å². The number of benzene rings is 1. The Bertz CT molecular complexity index is 728. The Morgan fingerprint density at radius 1 is 1.16 bits per heavy atom. The number of hydrogen-bond acceptors (Lipinski definition) is 3. The predicted molar refractivity (Wildman–Crippen MR) is 95.0 cm³/mol. The van der Waals surface area contributed by atoms with Crippen LogP contribution in [0.5, 0.6) is 0 Å². The molecule has 2 N–H and O–H groups in total. The summed E-state index contributed by atoms with van der Waals surface area (Å²) in [6.07, 6.45) is 1.32. The van der Waals surface area contributed by atoms with E-state index in [0.717, 1.165) is 4.88 Å². The van der Waals surface area contributed by atoms with E-state index in [1.165, 1.54) is 12.1 Å². The maximum Gasteiger partial charge on any atom is 0.315 e. The number of carbonyl (C=O) groups is 2. The van der Waals surface area contributed by atoms with Gasteiger partial charge < -0.3 is 15.5 Å². The molecule has 1 aliphatic rings. The van der Waals surface area contributed by atoms with Crippen molar-refractivity contribution in [2.75, 3.05) is 13.1 Å². The fourth-order valence-corrected chi connectivity index (χ4v) is 3.49. The summed E-state index contributed by atoms with van der Waals surface area (Å²) in [6, 6.07) is 9.75. The normalized spacial score (nSPS) is 15.0. The Balaban J connectivity index is 1.44. The molecule has 1 aromatic heterocycles. The van der Waals surface area contributed by atoms with E-state index in [-0.39, 0.29) is 23.5 Å². The molecule has 0 bridgehead atoms. The summed E-state index contributed by atoms with van der Waals surface area (Å²) >= 11 is 1.60. The SMILES string of the molecule is O=C(NCc1cccs1)NC1CCN(C(=O)c2ccccc2F)CC1. The quantitative estimate of drug-likeness (QED) is 0.879. The number of rotatable bonds is 4. The second-order valence-corrected chi connectivity index (χ2v) is 6.98. The first-order valence-corrected chi connectivity index (χ1v) is 9.12. The van der Waals surface area contributed by atoms with Crippen molar-refractivity contribution in [2.45, 2.75) is 25.4 Å². The van der Waals surface area contributed by atoms with E-state index in [2.05, 4.69) is 10.6 Å². The van der Waals surface area contributed by atoms with Crippen molar-refractivity contribution in [2.24, 2.45) is 0 Å². The highest BCUT2D eigenvalue weighted by Crippen LogP contribution is 2.16. The number of nitrogens with one attached hydrogen (secondary N) is 2. The van der Waals surface area contributed by atoms with Gasteiger partial charge in [0.2, 0.25) is 0 Å². The first-order chi connectivity index (χ1) is 12.1. The average Bonchev–Trinajstić information content (AvgIpc) is 3.14. The van der Waals surface area contributed by atoms with Crippen LogP contribution in [0.3, 0.4) is 0 Å². The van der Waals surface area contributed by atoms with Gasteiger partial charge in [0.25, 0.3) is 5.91 Å². The van der Waals surface area contributed by atoms with Gasteiger partial charge in [0.15, 0.2) is 0 Å². The van der Waals surface area contributed by atoms with Gasteiger partial charge in [-0.25, -0.2) is 9.18 Å². The maximum atomic E-state index is 13.7. The highest BCUT2D eigenvalue weighted by atomic mass is 32.1. The lowest BCUT2D eigenvalue weighted by Crippen LogP contribution is -2.49. The van der Waals surface area contributed by atoms with E-state index in [1.54, 1.807) is 28.4 Å². The van der Waals surface area contributed by atoms with Gasteiger partial charge in [0.1, 0.15) is 5.82 Å². The number of hydrogen-bond donors (Lipinski definition) is 2. The summed E-state index contributed by atoms with van der Waals surface area (Å²) in [6.45, 7) is 1.51. The van der Waals surface area contributed by atoms with Crippen LogP contribution in [0.2, 0.25) is 0 Å². The molecule has 25 heavy (non-hydrogen) atoms. The zero-order chi connectivity index (χ0) is 17.6. The Morgan fingerprint density at radius 2 is 1.92 bits per heavy atom. The van der Waals surface area contributed by atoms with E-state index in [9.17, 15) is 14.0 Å². The van der Waals surface area contributed by atoms with Crippen molar-refractivity contribution >= 4 is 23.3 Å². The second kappa shape index (κ2) is 8.11.